The largest absolute Gasteiger partial charge is 0.360 e. The predicted molar refractivity (Wildman–Crippen MR) is 121 cm³/mol. The molecule has 0 aliphatic carbocycles. The second kappa shape index (κ2) is 10.6. The van der Waals surface area contributed by atoms with Crippen LogP contribution in [0.5, 0.6) is 0 Å². The maximum Gasteiger partial charge on any atom is 0.266 e. The Morgan fingerprint density at radius 1 is 1.00 bits per heavy atom. The van der Waals surface area contributed by atoms with Gasteiger partial charge in [0.15, 0.2) is 0 Å². The zero-order chi connectivity index (χ0) is 21.3. The van der Waals surface area contributed by atoms with Gasteiger partial charge in [-0.3, -0.25) is 9.69 Å². The van der Waals surface area contributed by atoms with E-state index in [0.29, 0.717) is 13.1 Å². The highest BCUT2D eigenvalue weighted by molar-refractivity contribution is 5.97. The fourth-order valence-electron chi connectivity index (χ4n) is 3.84. The Labute approximate surface area is 179 Å². The lowest BCUT2D eigenvalue weighted by atomic mass is 10.0. The minimum absolute atomic E-state index is 0.152. The molecular formula is C25H30N4O. The van der Waals surface area contributed by atoms with E-state index in [1.807, 2.05) is 18.2 Å². The fraction of sp³-hybridized carbons (Fsp3) is 0.360. The summed E-state index contributed by atoms with van der Waals surface area (Å²) in [6.45, 7) is 7.99. The third-order valence-corrected chi connectivity index (χ3v) is 5.62. The summed E-state index contributed by atoms with van der Waals surface area (Å²) in [7, 11) is 0. The number of nitrogens with one attached hydrogen (secondary N) is 1. The first-order valence-electron chi connectivity index (χ1n) is 10.7. The number of rotatable bonds is 7. The highest BCUT2D eigenvalue weighted by Crippen LogP contribution is 2.23. The lowest BCUT2D eigenvalue weighted by Gasteiger charge is -2.34. The normalized spacial score (nSPS) is 15.0. The van der Waals surface area contributed by atoms with Gasteiger partial charge in [0, 0.05) is 44.6 Å². The maximum absolute atomic E-state index is 12.9. The van der Waals surface area contributed by atoms with Crippen molar-refractivity contribution in [3.05, 3.63) is 77.0 Å². The highest BCUT2D eigenvalue weighted by Gasteiger charge is 2.23. The molecule has 1 amide bonds. The molecule has 5 heteroatoms. The van der Waals surface area contributed by atoms with Crippen LogP contribution in [-0.4, -0.2) is 41.9 Å². The zero-order valence-electron chi connectivity index (χ0n) is 17.9. The first-order chi connectivity index (χ1) is 14.7. The van der Waals surface area contributed by atoms with Crippen LogP contribution in [0, 0.1) is 11.3 Å². The first-order valence-corrected chi connectivity index (χ1v) is 10.7. The summed E-state index contributed by atoms with van der Waals surface area (Å²) < 4.78 is 0. The van der Waals surface area contributed by atoms with Gasteiger partial charge in [-0.2, -0.15) is 5.26 Å². The van der Waals surface area contributed by atoms with Gasteiger partial charge in [-0.15, -0.1) is 0 Å². The Bertz CT molecular complexity index is 900. The molecule has 0 bridgehead atoms. The molecule has 0 spiro atoms. The van der Waals surface area contributed by atoms with Crippen molar-refractivity contribution in [1.29, 1.82) is 5.26 Å². The van der Waals surface area contributed by atoms with Gasteiger partial charge in [0.25, 0.3) is 5.91 Å². The van der Waals surface area contributed by atoms with Crippen LogP contribution >= 0.6 is 0 Å². The number of amides is 1. The number of carbonyl (C=O) groups is 1. The summed E-state index contributed by atoms with van der Waals surface area (Å²) in [5.74, 6) is -0.198. The van der Waals surface area contributed by atoms with Crippen molar-refractivity contribution in [2.45, 2.75) is 33.2 Å². The van der Waals surface area contributed by atoms with Gasteiger partial charge in [-0.25, -0.2) is 0 Å². The minimum atomic E-state index is -0.198. The first kappa shape index (κ1) is 21.6. The van der Waals surface area contributed by atoms with Crippen molar-refractivity contribution >= 4 is 11.6 Å². The zero-order valence-corrected chi connectivity index (χ0v) is 17.9. The Morgan fingerprint density at radius 3 is 2.20 bits per heavy atom. The molecule has 1 fully saturated rings. The molecule has 2 aromatic rings. The number of para-hydroxylation sites is 1. The lowest BCUT2D eigenvalue weighted by molar-refractivity contribution is -0.128. The molecule has 5 nitrogen and oxygen atoms in total. The van der Waals surface area contributed by atoms with Gasteiger partial charge in [0.2, 0.25) is 0 Å². The smallest absolute Gasteiger partial charge is 0.266 e. The van der Waals surface area contributed by atoms with Gasteiger partial charge >= 0.3 is 0 Å². The van der Waals surface area contributed by atoms with E-state index in [4.69, 9.17) is 0 Å². The molecule has 1 N–H and O–H groups in total. The van der Waals surface area contributed by atoms with Gasteiger partial charge < -0.3 is 10.2 Å². The molecule has 30 heavy (non-hydrogen) atoms. The minimum Gasteiger partial charge on any atom is -0.360 e. The topological polar surface area (TPSA) is 59.4 Å². The maximum atomic E-state index is 12.9. The summed E-state index contributed by atoms with van der Waals surface area (Å²) in [6, 6.07) is 18.7. The number of piperazine rings is 1. The third kappa shape index (κ3) is 5.28. The third-order valence-electron chi connectivity index (χ3n) is 5.62. The molecule has 156 valence electrons. The molecule has 1 saturated heterocycles. The standard InChI is InChI=1S/C25H30N4O/c1-3-21-11-8-12-22(4-2)24(21)27-18-23(17-26)25(30)29-15-13-28(14-16-29)19-20-9-6-5-7-10-20/h5-12,18,27H,3-4,13-16,19H2,1-2H3/b23-18-. The number of hydrogen-bond acceptors (Lipinski definition) is 4. The molecular weight excluding hydrogens is 372 g/mol. The highest BCUT2D eigenvalue weighted by atomic mass is 16.2. The van der Waals surface area contributed by atoms with Crippen LogP contribution < -0.4 is 5.32 Å². The average Bonchev–Trinajstić information content (AvgIpc) is 2.80. The van der Waals surface area contributed by atoms with Gasteiger partial charge in [0.1, 0.15) is 11.6 Å². The number of hydrogen-bond donors (Lipinski definition) is 1. The molecule has 2 aromatic carbocycles. The van der Waals surface area contributed by atoms with Crippen LogP contribution in [0.1, 0.15) is 30.5 Å². The molecule has 0 aromatic heterocycles. The van der Waals surface area contributed by atoms with Crippen LogP contribution in [0.15, 0.2) is 60.3 Å². The average molecular weight is 403 g/mol. The van der Waals surface area contributed by atoms with Crippen molar-refractivity contribution < 1.29 is 4.79 Å². The second-order valence-electron chi connectivity index (χ2n) is 7.53. The van der Waals surface area contributed by atoms with Crippen LogP contribution in [0.4, 0.5) is 5.69 Å². The van der Waals surface area contributed by atoms with E-state index in [0.717, 1.165) is 38.2 Å². The van der Waals surface area contributed by atoms with E-state index in [1.165, 1.54) is 16.7 Å². The Balaban J connectivity index is 1.62. The number of nitrogens with zero attached hydrogens (tertiary/aromatic N) is 3. The van der Waals surface area contributed by atoms with Gasteiger partial charge in [-0.1, -0.05) is 62.4 Å². The van der Waals surface area contributed by atoms with Crippen molar-refractivity contribution in [2.75, 3.05) is 31.5 Å². The molecule has 1 aliphatic rings. The monoisotopic (exact) mass is 402 g/mol. The summed E-state index contributed by atoms with van der Waals surface area (Å²) in [4.78, 5) is 17.0. The molecule has 1 heterocycles. The summed E-state index contributed by atoms with van der Waals surface area (Å²) >= 11 is 0. The number of anilines is 1. The van der Waals surface area contributed by atoms with Crippen molar-refractivity contribution in [1.82, 2.24) is 9.80 Å². The summed E-state index contributed by atoms with van der Waals surface area (Å²) in [5, 5.41) is 12.8. The lowest BCUT2D eigenvalue weighted by Crippen LogP contribution is -2.48. The van der Waals surface area contributed by atoms with Crippen molar-refractivity contribution in [3.8, 4) is 6.07 Å². The van der Waals surface area contributed by atoms with Crippen molar-refractivity contribution in [2.24, 2.45) is 0 Å². The fourth-order valence-corrected chi connectivity index (χ4v) is 3.84. The Morgan fingerprint density at radius 2 is 1.63 bits per heavy atom. The van der Waals surface area contributed by atoms with E-state index >= 15 is 0 Å². The van der Waals surface area contributed by atoms with Crippen LogP contribution in [0.3, 0.4) is 0 Å². The van der Waals surface area contributed by atoms with Crippen LogP contribution in [0.25, 0.3) is 0 Å². The SMILES string of the molecule is CCc1cccc(CC)c1N/C=C(/C#N)C(=O)N1CCN(Cc2ccccc2)CC1. The van der Waals surface area contributed by atoms with E-state index in [1.54, 1.807) is 11.1 Å². The van der Waals surface area contributed by atoms with E-state index in [-0.39, 0.29) is 11.5 Å². The number of carbonyl (C=O) groups excluding carboxylic acids is 1. The molecule has 0 unspecified atom stereocenters. The summed E-state index contributed by atoms with van der Waals surface area (Å²) in [6.07, 6.45) is 3.36. The van der Waals surface area contributed by atoms with Crippen LogP contribution in [-0.2, 0) is 24.2 Å². The summed E-state index contributed by atoms with van der Waals surface area (Å²) in [5.41, 5.74) is 4.81. The Hall–Kier alpha value is -3.10. The Kier molecular flexibility index (Phi) is 7.64. The number of benzene rings is 2. The molecule has 1 aliphatic heterocycles. The van der Waals surface area contributed by atoms with Gasteiger partial charge in [0.05, 0.1) is 0 Å². The molecule has 0 saturated carbocycles. The second-order valence-corrected chi connectivity index (χ2v) is 7.53. The number of nitriles is 1. The van der Waals surface area contributed by atoms with Crippen molar-refractivity contribution in [3.63, 3.8) is 0 Å². The number of aryl methyl sites for hydroxylation is 2. The molecule has 0 atom stereocenters. The van der Waals surface area contributed by atoms with E-state index in [2.05, 4.69) is 60.5 Å². The van der Waals surface area contributed by atoms with Crippen LogP contribution in [0.2, 0.25) is 0 Å². The van der Waals surface area contributed by atoms with E-state index in [9.17, 15) is 10.1 Å². The molecule has 0 radical (unpaired) electrons. The van der Waals surface area contributed by atoms with Gasteiger partial charge in [-0.05, 0) is 29.5 Å². The quantitative estimate of drug-likeness (QED) is 0.562. The molecule has 3 rings (SSSR count). The van der Waals surface area contributed by atoms with E-state index < -0.39 is 0 Å². The predicted octanol–water partition coefficient (Wildman–Crippen LogP) is 3.98.